The lowest BCUT2D eigenvalue weighted by Crippen LogP contribution is -2.18. The summed E-state index contributed by atoms with van der Waals surface area (Å²) in [7, 11) is 3.27. The maximum atomic E-state index is 5.82. The molecule has 1 unspecified atom stereocenters. The van der Waals surface area contributed by atoms with E-state index in [0.29, 0.717) is 0 Å². The van der Waals surface area contributed by atoms with Gasteiger partial charge in [-0.3, -0.25) is 0 Å². The predicted molar refractivity (Wildman–Crippen MR) is 69.3 cm³/mol. The quantitative estimate of drug-likeness (QED) is 0.926. The molecule has 0 fully saturated rings. The number of nitrogens with two attached hydrogens (primary N) is 1. The van der Waals surface area contributed by atoms with Crippen molar-refractivity contribution < 1.29 is 9.47 Å². The van der Waals surface area contributed by atoms with Crippen LogP contribution in [0.3, 0.4) is 0 Å². The molecule has 1 atom stereocenters. The van der Waals surface area contributed by atoms with Gasteiger partial charge in [0.2, 0.25) is 0 Å². The molecule has 0 aliphatic rings. The van der Waals surface area contributed by atoms with Crippen molar-refractivity contribution in [1.82, 2.24) is 0 Å². The van der Waals surface area contributed by atoms with Gasteiger partial charge in [-0.25, -0.2) is 0 Å². The Morgan fingerprint density at radius 2 is 2.00 bits per heavy atom. The predicted octanol–water partition coefficient (Wildman–Crippen LogP) is 2.66. The summed E-state index contributed by atoms with van der Waals surface area (Å²) < 4.78 is 11.5. The second-order valence-corrected chi connectivity index (χ2v) is 4.68. The first kappa shape index (κ1) is 13.3. The minimum absolute atomic E-state index is 0.128. The first-order valence-corrected chi connectivity index (χ1v) is 5.96. The maximum absolute atomic E-state index is 5.82. The van der Waals surface area contributed by atoms with Crippen LogP contribution >= 0.6 is 15.9 Å². The topological polar surface area (TPSA) is 44.5 Å². The molecule has 1 rings (SSSR count). The highest BCUT2D eigenvalue weighted by atomic mass is 79.9. The van der Waals surface area contributed by atoms with Crippen LogP contribution in [0, 0.1) is 6.92 Å². The van der Waals surface area contributed by atoms with E-state index in [-0.39, 0.29) is 6.04 Å². The van der Waals surface area contributed by atoms with E-state index in [2.05, 4.69) is 15.9 Å². The third kappa shape index (κ3) is 2.68. The van der Waals surface area contributed by atoms with Gasteiger partial charge in [-0.2, -0.15) is 0 Å². The van der Waals surface area contributed by atoms with Crippen LogP contribution in [0.2, 0.25) is 0 Å². The van der Waals surface area contributed by atoms with Crippen LogP contribution in [-0.4, -0.2) is 20.3 Å². The Kier molecular flexibility index (Phi) is 4.62. The molecule has 1 aromatic rings. The molecule has 0 radical (unpaired) electrons. The van der Waals surface area contributed by atoms with Crippen molar-refractivity contribution in [1.29, 1.82) is 0 Å². The maximum Gasteiger partial charge on any atom is 0.175 e. The van der Waals surface area contributed by atoms with Crippen molar-refractivity contribution in [2.75, 3.05) is 14.2 Å². The van der Waals surface area contributed by atoms with Crippen LogP contribution in [0.1, 0.15) is 18.1 Å². The number of benzene rings is 1. The van der Waals surface area contributed by atoms with Gasteiger partial charge in [0, 0.05) is 6.04 Å². The second kappa shape index (κ2) is 5.55. The van der Waals surface area contributed by atoms with Crippen molar-refractivity contribution in [3.63, 3.8) is 0 Å². The normalized spacial score (nSPS) is 12.4. The third-order valence-corrected chi connectivity index (χ3v) is 3.46. The van der Waals surface area contributed by atoms with Gasteiger partial charge in [0.15, 0.2) is 11.5 Å². The molecule has 0 amide bonds. The first-order valence-electron chi connectivity index (χ1n) is 5.16. The second-order valence-electron chi connectivity index (χ2n) is 3.89. The summed E-state index contributed by atoms with van der Waals surface area (Å²) in [6.07, 6.45) is 0.824. The molecular formula is C12H18BrNO2. The van der Waals surface area contributed by atoms with Gasteiger partial charge in [0.05, 0.1) is 18.7 Å². The lowest BCUT2D eigenvalue weighted by Gasteiger charge is -2.16. The highest BCUT2D eigenvalue weighted by Gasteiger charge is 2.15. The Hall–Kier alpha value is -0.740. The molecule has 0 aromatic heterocycles. The molecule has 0 aliphatic heterocycles. The summed E-state index contributed by atoms with van der Waals surface area (Å²) >= 11 is 3.53. The molecule has 0 bridgehead atoms. The minimum Gasteiger partial charge on any atom is -0.493 e. The van der Waals surface area contributed by atoms with Crippen LogP contribution in [-0.2, 0) is 6.42 Å². The smallest absolute Gasteiger partial charge is 0.175 e. The monoisotopic (exact) mass is 287 g/mol. The molecule has 2 N–H and O–H groups in total. The lowest BCUT2D eigenvalue weighted by molar-refractivity contribution is 0.352. The van der Waals surface area contributed by atoms with Crippen LogP contribution in [0.4, 0.5) is 0 Å². The van der Waals surface area contributed by atoms with Gasteiger partial charge < -0.3 is 15.2 Å². The first-order chi connectivity index (χ1) is 7.51. The molecule has 4 heteroatoms. The highest BCUT2D eigenvalue weighted by Crippen LogP contribution is 2.39. The molecule has 90 valence electrons. The summed E-state index contributed by atoms with van der Waals surface area (Å²) in [6, 6.07) is 2.12. The van der Waals surface area contributed by atoms with Crippen molar-refractivity contribution in [2.45, 2.75) is 26.3 Å². The van der Waals surface area contributed by atoms with Crippen molar-refractivity contribution in [3.8, 4) is 11.5 Å². The van der Waals surface area contributed by atoms with Gasteiger partial charge >= 0.3 is 0 Å². The van der Waals surface area contributed by atoms with E-state index >= 15 is 0 Å². The number of methoxy groups -OCH3 is 2. The molecule has 0 heterocycles. The third-order valence-electron chi connectivity index (χ3n) is 2.51. The highest BCUT2D eigenvalue weighted by molar-refractivity contribution is 9.10. The van der Waals surface area contributed by atoms with Crippen LogP contribution < -0.4 is 15.2 Å². The van der Waals surface area contributed by atoms with Crippen molar-refractivity contribution >= 4 is 15.9 Å². The van der Waals surface area contributed by atoms with E-state index in [0.717, 1.165) is 28.0 Å². The fourth-order valence-corrected chi connectivity index (χ4v) is 2.26. The summed E-state index contributed by atoms with van der Waals surface area (Å²) in [4.78, 5) is 0. The van der Waals surface area contributed by atoms with E-state index in [1.54, 1.807) is 14.2 Å². The number of halogens is 1. The average Bonchev–Trinajstić information content (AvgIpc) is 2.24. The van der Waals surface area contributed by atoms with Gasteiger partial charge in [-0.1, -0.05) is 0 Å². The minimum atomic E-state index is 0.128. The van der Waals surface area contributed by atoms with E-state index in [4.69, 9.17) is 15.2 Å². The van der Waals surface area contributed by atoms with Gasteiger partial charge in [-0.15, -0.1) is 0 Å². The van der Waals surface area contributed by atoms with Gasteiger partial charge in [0.1, 0.15) is 0 Å². The van der Waals surface area contributed by atoms with E-state index < -0.39 is 0 Å². The molecule has 0 spiro atoms. The standard InChI is InChI=1S/C12H18BrNO2/c1-7(14)5-9-6-10(15-3)12(16-4)11(13)8(9)2/h6-7H,5,14H2,1-4H3. The fourth-order valence-electron chi connectivity index (χ4n) is 1.65. The zero-order chi connectivity index (χ0) is 12.3. The zero-order valence-electron chi connectivity index (χ0n) is 10.1. The van der Waals surface area contributed by atoms with Gasteiger partial charge in [-0.05, 0) is 53.4 Å². The number of hydrogen-bond acceptors (Lipinski definition) is 3. The number of hydrogen-bond donors (Lipinski definition) is 1. The van der Waals surface area contributed by atoms with Crippen LogP contribution in [0.25, 0.3) is 0 Å². The molecule has 3 nitrogen and oxygen atoms in total. The molecule has 0 aliphatic carbocycles. The van der Waals surface area contributed by atoms with E-state index in [1.165, 1.54) is 5.56 Å². The molecule has 1 aromatic carbocycles. The average molecular weight is 288 g/mol. The number of rotatable bonds is 4. The number of ether oxygens (including phenoxy) is 2. The molecule has 0 saturated carbocycles. The van der Waals surface area contributed by atoms with Crippen LogP contribution in [0.5, 0.6) is 11.5 Å². The molecule has 0 saturated heterocycles. The van der Waals surface area contributed by atoms with E-state index in [1.807, 2.05) is 19.9 Å². The van der Waals surface area contributed by atoms with E-state index in [9.17, 15) is 0 Å². The lowest BCUT2D eigenvalue weighted by atomic mass is 10.0. The van der Waals surface area contributed by atoms with Crippen molar-refractivity contribution in [2.24, 2.45) is 5.73 Å². The summed E-state index contributed by atoms with van der Waals surface area (Å²) in [5.74, 6) is 1.46. The summed E-state index contributed by atoms with van der Waals surface area (Å²) in [5, 5.41) is 0. The Balaban J connectivity index is 3.27. The molecule has 16 heavy (non-hydrogen) atoms. The van der Waals surface area contributed by atoms with Crippen LogP contribution in [0.15, 0.2) is 10.5 Å². The zero-order valence-corrected chi connectivity index (χ0v) is 11.7. The SMILES string of the molecule is COc1cc(CC(C)N)c(C)c(Br)c1OC. The Morgan fingerprint density at radius 1 is 1.38 bits per heavy atom. The largest absolute Gasteiger partial charge is 0.493 e. The Labute approximate surface area is 105 Å². The van der Waals surface area contributed by atoms with Crippen molar-refractivity contribution in [3.05, 3.63) is 21.7 Å². The fraction of sp³-hybridized carbons (Fsp3) is 0.500. The summed E-state index contributed by atoms with van der Waals surface area (Å²) in [6.45, 7) is 4.04. The Bertz CT molecular complexity index is 378. The summed E-state index contributed by atoms with van der Waals surface area (Å²) in [5.41, 5.74) is 8.15. The molecular weight excluding hydrogens is 270 g/mol. The Morgan fingerprint density at radius 3 is 2.44 bits per heavy atom. The van der Waals surface area contributed by atoms with Gasteiger partial charge in [0.25, 0.3) is 0 Å².